The maximum absolute atomic E-state index is 12.4. The second-order valence-corrected chi connectivity index (χ2v) is 6.97. The second kappa shape index (κ2) is 8.17. The van der Waals surface area contributed by atoms with E-state index < -0.39 is 0 Å². The van der Waals surface area contributed by atoms with E-state index in [4.69, 9.17) is 9.15 Å². The summed E-state index contributed by atoms with van der Waals surface area (Å²) >= 11 is 0. The van der Waals surface area contributed by atoms with Crippen molar-refractivity contribution in [2.24, 2.45) is 0 Å². The average Bonchev–Trinajstić information content (AvgIpc) is 3.07. The van der Waals surface area contributed by atoms with Gasteiger partial charge < -0.3 is 19.4 Å². The van der Waals surface area contributed by atoms with Crippen LogP contribution >= 0.6 is 0 Å². The summed E-state index contributed by atoms with van der Waals surface area (Å²) in [6.07, 6.45) is 1.88. The lowest BCUT2D eigenvalue weighted by molar-refractivity contribution is -0.130. The van der Waals surface area contributed by atoms with Crippen molar-refractivity contribution in [3.05, 3.63) is 59.4 Å². The smallest absolute Gasteiger partial charge is 0.259 e. The molecule has 2 aromatic carbocycles. The molecule has 28 heavy (non-hydrogen) atoms. The third-order valence-corrected chi connectivity index (χ3v) is 4.69. The Kier molecular flexibility index (Phi) is 5.68. The van der Waals surface area contributed by atoms with E-state index in [0.717, 1.165) is 27.7 Å². The number of ether oxygens (including phenoxy) is 1. The van der Waals surface area contributed by atoms with Crippen molar-refractivity contribution in [3.63, 3.8) is 0 Å². The van der Waals surface area contributed by atoms with Crippen LogP contribution in [0, 0.1) is 13.8 Å². The predicted octanol–water partition coefficient (Wildman–Crippen LogP) is 3.70. The number of nitrogens with zero attached hydrogens (tertiary/aromatic N) is 1. The van der Waals surface area contributed by atoms with Crippen LogP contribution in [-0.4, -0.2) is 37.4 Å². The highest BCUT2D eigenvalue weighted by atomic mass is 16.5. The summed E-state index contributed by atoms with van der Waals surface area (Å²) < 4.78 is 11.1. The van der Waals surface area contributed by atoms with Gasteiger partial charge >= 0.3 is 0 Å². The lowest BCUT2D eigenvalue weighted by Crippen LogP contribution is -2.27. The fourth-order valence-corrected chi connectivity index (χ4v) is 2.81. The van der Waals surface area contributed by atoms with E-state index in [1.807, 2.05) is 26.0 Å². The molecule has 0 aliphatic rings. The van der Waals surface area contributed by atoms with Gasteiger partial charge in [0.15, 0.2) is 6.61 Å². The quantitative estimate of drug-likeness (QED) is 0.708. The largest absolute Gasteiger partial charge is 0.484 e. The van der Waals surface area contributed by atoms with Crippen LogP contribution in [0.3, 0.4) is 0 Å². The summed E-state index contributed by atoms with van der Waals surface area (Å²) in [6, 6.07) is 11.0. The van der Waals surface area contributed by atoms with Gasteiger partial charge in [0.25, 0.3) is 5.91 Å². The predicted molar refractivity (Wildman–Crippen MR) is 109 cm³/mol. The van der Waals surface area contributed by atoms with Crippen LogP contribution in [-0.2, 0) is 16.0 Å². The molecule has 0 aliphatic carbocycles. The number of likely N-dealkylation sites (N-methyl/N-ethyl adjacent to an activating group) is 1. The van der Waals surface area contributed by atoms with Crippen LogP contribution in [0.25, 0.3) is 11.0 Å². The minimum Gasteiger partial charge on any atom is -0.484 e. The molecule has 1 heterocycles. The highest BCUT2D eigenvalue weighted by Gasteiger charge is 2.13. The van der Waals surface area contributed by atoms with Gasteiger partial charge in [-0.2, -0.15) is 0 Å². The van der Waals surface area contributed by atoms with E-state index in [2.05, 4.69) is 5.32 Å². The molecule has 0 spiro atoms. The van der Waals surface area contributed by atoms with Crippen LogP contribution in [0.2, 0.25) is 0 Å². The Hall–Kier alpha value is -3.28. The molecule has 0 fully saturated rings. The zero-order valence-corrected chi connectivity index (χ0v) is 16.5. The number of carbonyl (C=O) groups is 2. The van der Waals surface area contributed by atoms with E-state index in [1.54, 1.807) is 44.6 Å². The number of fused-ring (bicyclic) bond motifs is 1. The molecule has 0 unspecified atom stereocenters. The Morgan fingerprint density at radius 2 is 1.79 bits per heavy atom. The first kappa shape index (κ1) is 19.5. The van der Waals surface area contributed by atoms with Crippen LogP contribution in [0.15, 0.2) is 47.1 Å². The lowest BCUT2D eigenvalue weighted by atomic mass is 10.0. The van der Waals surface area contributed by atoms with Crippen molar-refractivity contribution < 1.29 is 18.7 Å². The van der Waals surface area contributed by atoms with E-state index in [1.165, 1.54) is 4.90 Å². The van der Waals surface area contributed by atoms with E-state index >= 15 is 0 Å². The monoisotopic (exact) mass is 380 g/mol. The molecule has 2 amide bonds. The summed E-state index contributed by atoms with van der Waals surface area (Å²) in [5.41, 5.74) is 4.60. The van der Waals surface area contributed by atoms with Crippen LogP contribution < -0.4 is 10.1 Å². The third kappa shape index (κ3) is 4.34. The molecule has 1 aromatic heterocycles. The van der Waals surface area contributed by atoms with Gasteiger partial charge in [-0.25, -0.2) is 0 Å². The average molecular weight is 380 g/mol. The molecule has 146 valence electrons. The zero-order chi connectivity index (χ0) is 20.3. The number of aryl methyl sites for hydroxylation is 2. The van der Waals surface area contributed by atoms with Crippen LogP contribution in [0.1, 0.15) is 16.7 Å². The SMILES string of the molecule is Cc1ccc2c(CC(=O)Nc3ccc(OCC(=O)N(C)C)cc3)coc2c1C. The molecule has 0 saturated heterocycles. The number of nitrogens with one attached hydrogen (secondary N) is 1. The highest BCUT2D eigenvalue weighted by Crippen LogP contribution is 2.27. The Morgan fingerprint density at radius 1 is 1.07 bits per heavy atom. The van der Waals surface area contributed by atoms with Gasteiger partial charge in [-0.1, -0.05) is 12.1 Å². The number of furan rings is 1. The minimum atomic E-state index is -0.127. The molecule has 0 bridgehead atoms. The standard InChI is InChI=1S/C22H24N2O4/c1-14-5-10-19-16(12-28-22(19)15(14)2)11-20(25)23-17-6-8-18(9-7-17)27-13-21(26)24(3)4/h5-10,12H,11,13H2,1-4H3,(H,23,25). The van der Waals surface area contributed by atoms with Crippen molar-refractivity contribution >= 4 is 28.5 Å². The van der Waals surface area contributed by atoms with E-state index in [9.17, 15) is 9.59 Å². The Morgan fingerprint density at radius 3 is 2.46 bits per heavy atom. The number of anilines is 1. The van der Waals surface area contributed by atoms with Crippen molar-refractivity contribution in [1.82, 2.24) is 4.90 Å². The summed E-state index contributed by atoms with van der Waals surface area (Å²) in [6.45, 7) is 4.03. The Labute approximate surface area is 164 Å². The Balaban J connectivity index is 1.61. The zero-order valence-electron chi connectivity index (χ0n) is 16.5. The van der Waals surface area contributed by atoms with Crippen molar-refractivity contribution in [2.75, 3.05) is 26.0 Å². The van der Waals surface area contributed by atoms with Gasteiger partial charge in [0, 0.05) is 30.7 Å². The molecule has 6 nitrogen and oxygen atoms in total. The molecule has 0 radical (unpaired) electrons. The molecular formula is C22H24N2O4. The molecule has 6 heteroatoms. The van der Waals surface area contributed by atoms with Crippen LogP contribution in [0.5, 0.6) is 5.75 Å². The van der Waals surface area contributed by atoms with Crippen molar-refractivity contribution in [2.45, 2.75) is 20.3 Å². The van der Waals surface area contributed by atoms with Gasteiger partial charge in [-0.3, -0.25) is 9.59 Å². The molecular weight excluding hydrogens is 356 g/mol. The van der Waals surface area contributed by atoms with Gasteiger partial charge in [-0.15, -0.1) is 0 Å². The third-order valence-electron chi connectivity index (χ3n) is 4.69. The minimum absolute atomic E-state index is 0.0227. The molecule has 0 aliphatic heterocycles. The summed E-state index contributed by atoms with van der Waals surface area (Å²) in [7, 11) is 3.35. The maximum Gasteiger partial charge on any atom is 0.259 e. The van der Waals surface area contributed by atoms with Gasteiger partial charge in [0.2, 0.25) is 5.91 Å². The number of carbonyl (C=O) groups excluding carboxylic acids is 2. The van der Waals surface area contributed by atoms with Gasteiger partial charge in [-0.05, 0) is 49.2 Å². The van der Waals surface area contributed by atoms with Gasteiger partial charge in [0.1, 0.15) is 11.3 Å². The molecule has 1 N–H and O–H groups in total. The first-order valence-corrected chi connectivity index (χ1v) is 9.04. The summed E-state index contributed by atoms with van der Waals surface area (Å²) in [5.74, 6) is 0.326. The fraction of sp³-hybridized carbons (Fsp3) is 0.273. The number of benzene rings is 2. The number of amides is 2. The Bertz CT molecular complexity index is 1000. The summed E-state index contributed by atoms with van der Waals surface area (Å²) in [5, 5.41) is 3.84. The lowest BCUT2D eigenvalue weighted by Gasteiger charge is -2.11. The van der Waals surface area contributed by atoms with E-state index in [0.29, 0.717) is 11.4 Å². The van der Waals surface area contributed by atoms with Crippen molar-refractivity contribution in [3.8, 4) is 5.75 Å². The fourth-order valence-electron chi connectivity index (χ4n) is 2.81. The summed E-state index contributed by atoms with van der Waals surface area (Å²) in [4.78, 5) is 25.4. The number of hydrogen-bond donors (Lipinski definition) is 1. The highest BCUT2D eigenvalue weighted by molar-refractivity contribution is 5.96. The molecule has 3 rings (SSSR count). The maximum atomic E-state index is 12.4. The van der Waals surface area contributed by atoms with E-state index in [-0.39, 0.29) is 24.8 Å². The molecule has 0 saturated carbocycles. The molecule has 3 aromatic rings. The first-order valence-electron chi connectivity index (χ1n) is 9.04. The topological polar surface area (TPSA) is 71.8 Å². The van der Waals surface area contributed by atoms with Crippen LogP contribution in [0.4, 0.5) is 5.69 Å². The number of rotatable bonds is 6. The normalized spacial score (nSPS) is 10.7. The number of hydrogen-bond acceptors (Lipinski definition) is 4. The molecule has 0 atom stereocenters. The first-order chi connectivity index (χ1) is 13.3. The van der Waals surface area contributed by atoms with Gasteiger partial charge in [0.05, 0.1) is 12.7 Å². The van der Waals surface area contributed by atoms with Crippen molar-refractivity contribution in [1.29, 1.82) is 0 Å². The second-order valence-electron chi connectivity index (χ2n) is 6.97.